The van der Waals surface area contributed by atoms with Gasteiger partial charge >= 0.3 is 0 Å². The van der Waals surface area contributed by atoms with Crippen molar-refractivity contribution in [2.75, 3.05) is 13.1 Å². The van der Waals surface area contributed by atoms with Gasteiger partial charge in [0.1, 0.15) is 0 Å². The number of hydrogen-bond donors (Lipinski definition) is 2. The van der Waals surface area contributed by atoms with E-state index in [9.17, 15) is 5.11 Å². The maximum Gasteiger partial charge on any atom is 0.203 e. The Morgan fingerprint density at radius 2 is 1.95 bits per heavy atom. The van der Waals surface area contributed by atoms with Crippen molar-refractivity contribution in [3.05, 3.63) is 35.1 Å². The molecule has 0 atom stereocenters. The summed E-state index contributed by atoms with van der Waals surface area (Å²) >= 11 is 5.60. The van der Waals surface area contributed by atoms with Crippen molar-refractivity contribution >= 4 is 12.2 Å². The maximum absolute atomic E-state index is 9.62. The van der Waals surface area contributed by atoms with Crippen LogP contribution in [0.15, 0.2) is 30.3 Å². The fourth-order valence-electron chi connectivity index (χ4n) is 3.01. The number of piperidine rings is 1. The number of benzene rings is 1. The predicted molar refractivity (Wildman–Crippen MR) is 88.1 cm³/mol. The Bertz CT molecular complexity index is 671. The quantitative estimate of drug-likeness (QED) is 0.830. The Balaban J connectivity index is 1.87. The Hall–Kier alpha value is -1.50. The maximum atomic E-state index is 9.62. The first-order valence-electron chi connectivity index (χ1n) is 7.93. The van der Waals surface area contributed by atoms with Crippen molar-refractivity contribution in [3.8, 4) is 11.4 Å². The zero-order valence-electron chi connectivity index (χ0n) is 12.9. The second-order valence-corrected chi connectivity index (χ2v) is 6.22. The molecule has 1 aliphatic heterocycles. The molecule has 1 aromatic heterocycles. The van der Waals surface area contributed by atoms with Gasteiger partial charge in [-0.15, -0.1) is 5.10 Å². The van der Waals surface area contributed by atoms with Crippen LogP contribution >= 0.6 is 12.2 Å². The molecule has 0 bridgehead atoms. The van der Waals surface area contributed by atoms with Crippen molar-refractivity contribution in [1.82, 2.24) is 14.3 Å². The summed E-state index contributed by atoms with van der Waals surface area (Å²) in [7, 11) is 0. The molecule has 6 heteroatoms. The molecule has 0 saturated carbocycles. The molecule has 118 valence electrons. The fourth-order valence-corrected chi connectivity index (χ4v) is 3.33. The highest BCUT2D eigenvalue weighted by atomic mass is 32.1. The van der Waals surface area contributed by atoms with E-state index in [-0.39, 0.29) is 6.10 Å². The third-order valence-corrected chi connectivity index (χ3v) is 4.74. The first-order valence-corrected chi connectivity index (χ1v) is 8.34. The molecule has 1 saturated heterocycles. The predicted octanol–water partition coefficient (Wildman–Crippen LogP) is 1.10. The zero-order chi connectivity index (χ0) is 15.5. The van der Waals surface area contributed by atoms with Crippen LogP contribution in [0.3, 0.4) is 0 Å². The minimum atomic E-state index is -0.134. The Morgan fingerprint density at radius 1 is 1.27 bits per heavy atom. The molecular formula is C16H23N4OS+. The van der Waals surface area contributed by atoms with Crippen LogP contribution in [0.2, 0.25) is 0 Å². The van der Waals surface area contributed by atoms with Gasteiger partial charge in [0, 0.05) is 24.9 Å². The average molecular weight is 319 g/mol. The molecule has 2 aromatic rings. The summed E-state index contributed by atoms with van der Waals surface area (Å²) in [5.41, 5.74) is 1.10. The van der Waals surface area contributed by atoms with Gasteiger partial charge in [0.25, 0.3) is 0 Å². The van der Waals surface area contributed by atoms with Crippen molar-refractivity contribution < 1.29 is 10.0 Å². The largest absolute Gasteiger partial charge is 0.393 e. The van der Waals surface area contributed by atoms with Crippen molar-refractivity contribution in [1.29, 1.82) is 0 Å². The lowest BCUT2D eigenvalue weighted by Crippen LogP contribution is -3.12. The molecule has 2 N–H and O–H groups in total. The molecule has 22 heavy (non-hydrogen) atoms. The summed E-state index contributed by atoms with van der Waals surface area (Å²) in [5.74, 6) is 0.935. The van der Waals surface area contributed by atoms with Crippen LogP contribution in [0.25, 0.3) is 11.4 Å². The van der Waals surface area contributed by atoms with E-state index < -0.39 is 0 Å². The topological polar surface area (TPSA) is 47.4 Å². The van der Waals surface area contributed by atoms with Gasteiger partial charge in [0.2, 0.25) is 4.77 Å². The third kappa shape index (κ3) is 3.14. The number of nitrogens with one attached hydrogen (secondary N) is 1. The van der Waals surface area contributed by atoms with Gasteiger partial charge < -0.3 is 14.6 Å². The highest BCUT2D eigenvalue weighted by Crippen LogP contribution is 2.17. The van der Waals surface area contributed by atoms with E-state index in [1.807, 2.05) is 22.9 Å². The summed E-state index contributed by atoms with van der Waals surface area (Å²) in [5, 5.41) is 14.4. The second kappa shape index (κ2) is 6.73. The molecular weight excluding hydrogens is 296 g/mol. The van der Waals surface area contributed by atoms with Crippen LogP contribution in [0.4, 0.5) is 0 Å². The molecule has 0 aliphatic carbocycles. The lowest BCUT2D eigenvalue weighted by molar-refractivity contribution is -0.929. The highest BCUT2D eigenvalue weighted by molar-refractivity contribution is 7.71. The van der Waals surface area contributed by atoms with Crippen molar-refractivity contribution in [2.24, 2.45) is 0 Å². The standard InChI is InChI=1S/C16H22N4OS/c1-2-19-15(13-6-4-3-5-7-13)17-20(16(19)22)12-18-10-8-14(21)9-11-18/h3-7,14,21H,2,8-12H2,1H3/p+1. The van der Waals surface area contributed by atoms with Crippen LogP contribution in [0.1, 0.15) is 19.8 Å². The summed E-state index contributed by atoms with van der Waals surface area (Å²) in [6, 6.07) is 10.2. The number of aliphatic hydroxyl groups is 1. The van der Waals surface area contributed by atoms with E-state index in [0.29, 0.717) is 0 Å². The van der Waals surface area contributed by atoms with Gasteiger partial charge in [-0.1, -0.05) is 30.3 Å². The van der Waals surface area contributed by atoms with Gasteiger partial charge in [-0.3, -0.25) is 0 Å². The van der Waals surface area contributed by atoms with Crippen LogP contribution in [-0.2, 0) is 13.2 Å². The van der Waals surface area contributed by atoms with Gasteiger partial charge in [-0.05, 0) is 19.1 Å². The number of aliphatic hydroxyl groups excluding tert-OH is 1. The number of rotatable bonds is 4. The van der Waals surface area contributed by atoms with Gasteiger partial charge in [-0.25, -0.2) is 0 Å². The number of likely N-dealkylation sites (tertiary alicyclic amines) is 1. The molecule has 3 rings (SSSR count). The van der Waals surface area contributed by atoms with Crippen LogP contribution in [0, 0.1) is 4.77 Å². The first-order chi connectivity index (χ1) is 10.7. The minimum absolute atomic E-state index is 0.134. The first kappa shape index (κ1) is 15.4. The number of aromatic nitrogens is 3. The Morgan fingerprint density at radius 3 is 2.59 bits per heavy atom. The summed E-state index contributed by atoms with van der Waals surface area (Å²) in [4.78, 5) is 1.43. The summed E-state index contributed by atoms with van der Waals surface area (Å²) in [6.07, 6.45) is 1.59. The number of hydrogen-bond acceptors (Lipinski definition) is 3. The Labute approximate surface area is 135 Å². The average Bonchev–Trinajstić information content (AvgIpc) is 2.86. The molecule has 0 spiro atoms. The summed E-state index contributed by atoms with van der Waals surface area (Å²) < 4.78 is 4.80. The molecule has 0 amide bonds. The SMILES string of the molecule is CCn1c(-c2ccccc2)nn(C[NH+]2CCC(O)CC2)c1=S. The van der Waals surface area contributed by atoms with Crippen molar-refractivity contribution in [2.45, 2.75) is 39.1 Å². The Kier molecular flexibility index (Phi) is 4.71. The molecule has 5 nitrogen and oxygen atoms in total. The molecule has 1 aromatic carbocycles. The van der Waals surface area contributed by atoms with Crippen molar-refractivity contribution in [3.63, 3.8) is 0 Å². The van der Waals surface area contributed by atoms with E-state index in [2.05, 4.69) is 23.6 Å². The van der Waals surface area contributed by atoms with Crippen LogP contribution in [0.5, 0.6) is 0 Å². The zero-order valence-corrected chi connectivity index (χ0v) is 13.7. The lowest BCUT2D eigenvalue weighted by atomic mass is 10.1. The number of nitrogens with zero attached hydrogens (tertiary/aromatic N) is 3. The van der Waals surface area contributed by atoms with Crippen LogP contribution in [-0.4, -0.2) is 38.6 Å². The van der Waals surface area contributed by atoms with E-state index in [1.165, 1.54) is 4.90 Å². The molecule has 1 fully saturated rings. The lowest BCUT2D eigenvalue weighted by Gasteiger charge is -2.26. The molecule has 1 aliphatic rings. The highest BCUT2D eigenvalue weighted by Gasteiger charge is 2.22. The van der Waals surface area contributed by atoms with Gasteiger partial charge in [0.05, 0.1) is 19.2 Å². The normalized spacial score (nSPS) is 21.9. The van der Waals surface area contributed by atoms with Crippen LogP contribution < -0.4 is 4.90 Å². The molecule has 0 unspecified atom stereocenters. The smallest absolute Gasteiger partial charge is 0.203 e. The van der Waals surface area contributed by atoms with E-state index in [4.69, 9.17) is 17.3 Å². The van der Waals surface area contributed by atoms with Gasteiger partial charge in [0.15, 0.2) is 12.5 Å². The third-order valence-electron chi connectivity index (χ3n) is 4.31. The van der Waals surface area contributed by atoms with Gasteiger partial charge in [-0.2, -0.15) is 4.68 Å². The molecule has 2 heterocycles. The minimum Gasteiger partial charge on any atom is -0.393 e. The second-order valence-electron chi connectivity index (χ2n) is 5.86. The monoisotopic (exact) mass is 319 g/mol. The molecule has 0 radical (unpaired) electrons. The van der Waals surface area contributed by atoms with E-state index in [1.54, 1.807) is 0 Å². The van der Waals surface area contributed by atoms with E-state index >= 15 is 0 Å². The summed E-state index contributed by atoms with van der Waals surface area (Å²) in [6.45, 7) is 5.64. The van der Waals surface area contributed by atoms with E-state index in [0.717, 1.165) is 55.3 Å². The fraction of sp³-hybridized carbons (Fsp3) is 0.500. The number of quaternary nitrogens is 1.